The number of aromatic nitrogens is 3. The molecule has 0 atom stereocenters. The summed E-state index contributed by atoms with van der Waals surface area (Å²) >= 11 is 2.51. The van der Waals surface area contributed by atoms with E-state index in [1.165, 1.54) is 23.5 Å². The molecule has 1 aromatic carbocycles. The Kier molecular flexibility index (Phi) is 6.60. The lowest BCUT2D eigenvalue weighted by Crippen LogP contribution is -2.14. The lowest BCUT2D eigenvalue weighted by atomic mass is 10.2. The average Bonchev–Trinajstić information content (AvgIpc) is 3.19. The van der Waals surface area contributed by atoms with Crippen LogP contribution in [0.15, 0.2) is 40.4 Å². The van der Waals surface area contributed by atoms with Crippen LogP contribution in [0, 0.1) is 25.2 Å². The van der Waals surface area contributed by atoms with Gasteiger partial charge in [0.25, 0.3) is 0 Å². The van der Waals surface area contributed by atoms with E-state index in [9.17, 15) is 18.5 Å². The molecule has 0 aliphatic heterocycles. The number of hydrogen-bond donors (Lipinski definition) is 1. The molecule has 8 nitrogen and oxygen atoms in total. The fraction of sp³-hybridized carbons (Fsp3) is 0.263. The molecule has 0 saturated heterocycles. The van der Waals surface area contributed by atoms with Crippen LogP contribution in [0.25, 0.3) is 0 Å². The number of anilines is 1. The Labute approximate surface area is 182 Å². The second-order valence-electron chi connectivity index (χ2n) is 6.47. The van der Waals surface area contributed by atoms with Crippen LogP contribution in [-0.4, -0.2) is 34.8 Å². The Hall–Kier alpha value is -2.68. The minimum absolute atomic E-state index is 0.0538. The van der Waals surface area contributed by atoms with Gasteiger partial charge in [-0.1, -0.05) is 30.0 Å². The van der Waals surface area contributed by atoms with Crippen molar-refractivity contribution in [2.75, 3.05) is 11.1 Å². The second kappa shape index (κ2) is 8.99. The Morgan fingerprint density at radius 1 is 1.27 bits per heavy atom. The number of nitrogens with one attached hydrogen (secondary N) is 1. The maximum absolute atomic E-state index is 12.5. The van der Waals surface area contributed by atoms with Gasteiger partial charge in [0.15, 0.2) is 15.0 Å². The first-order chi connectivity index (χ1) is 14.2. The minimum atomic E-state index is -3.55. The molecule has 11 heteroatoms. The van der Waals surface area contributed by atoms with Gasteiger partial charge in [0, 0.05) is 11.9 Å². The second-order valence-corrected chi connectivity index (χ2v) is 10.6. The monoisotopic (exact) mass is 461 g/mol. The molecule has 3 aromatic rings. The molecule has 0 saturated carbocycles. The highest BCUT2D eigenvalue weighted by atomic mass is 32.2. The summed E-state index contributed by atoms with van der Waals surface area (Å²) in [6.07, 6.45) is 0. The fourth-order valence-corrected chi connectivity index (χ4v) is 5.71. The van der Waals surface area contributed by atoms with Gasteiger partial charge in [-0.2, -0.15) is 5.26 Å². The molecule has 0 radical (unpaired) electrons. The predicted molar refractivity (Wildman–Crippen MR) is 116 cm³/mol. The van der Waals surface area contributed by atoms with Crippen LogP contribution in [0.1, 0.15) is 21.8 Å². The minimum Gasteiger partial charge on any atom is -0.316 e. The van der Waals surface area contributed by atoms with Gasteiger partial charge < -0.3 is 9.88 Å². The molecule has 0 unspecified atom stereocenters. The summed E-state index contributed by atoms with van der Waals surface area (Å²) in [4.78, 5) is 13.5. The third-order valence-corrected chi connectivity index (χ3v) is 8.20. The zero-order chi connectivity index (χ0) is 21.9. The number of sulfone groups is 1. The molecular formula is C19H19N5O3S3. The summed E-state index contributed by atoms with van der Waals surface area (Å²) < 4.78 is 26.7. The number of carbonyl (C=O) groups excluding carboxylic acids is 1. The summed E-state index contributed by atoms with van der Waals surface area (Å²) in [7, 11) is -1.88. The number of nitrogens with zero attached hydrogens (tertiary/aromatic N) is 4. The Balaban J connectivity index is 1.65. The number of thiophene rings is 1. The molecule has 0 bridgehead atoms. The van der Waals surface area contributed by atoms with E-state index in [0.717, 1.165) is 22.2 Å². The molecular weight excluding hydrogens is 442 g/mol. The Morgan fingerprint density at radius 2 is 1.97 bits per heavy atom. The van der Waals surface area contributed by atoms with Crippen molar-refractivity contribution in [3.63, 3.8) is 0 Å². The van der Waals surface area contributed by atoms with E-state index in [-0.39, 0.29) is 28.1 Å². The lowest BCUT2D eigenvalue weighted by molar-refractivity contribution is -0.113. The van der Waals surface area contributed by atoms with Crippen LogP contribution in [0.3, 0.4) is 0 Å². The number of benzene rings is 1. The van der Waals surface area contributed by atoms with Crippen LogP contribution < -0.4 is 5.32 Å². The van der Waals surface area contributed by atoms with E-state index < -0.39 is 9.84 Å². The molecule has 0 fully saturated rings. The molecule has 2 aromatic heterocycles. The van der Waals surface area contributed by atoms with Gasteiger partial charge in [-0.3, -0.25) is 4.79 Å². The summed E-state index contributed by atoms with van der Waals surface area (Å²) in [5.74, 6) is -0.220. The highest BCUT2D eigenvalue weighted by Gasteiger charge is 2.21. The number of aryl methyl sites for hydroxylation is 1. The first-order valence-electron chi connectivity index (χ1n) is 8.81. The van der Waals surface area contributed by atoms with E-state index in [1.54, 1.807) is 29.8 Å². The van der Waals surface area contributed by atoms with Crippen molar-refractivity contribution in [3.8, 4) is 6.07 Å². The van der Waals surface area contributed by atoms with E-state index >= 15 is 0 Å². The van der Waals surface area contributed by atoms with Crippen molar-refractivity contribution >= 4 is 43.8 Å². The van der Waals surface area contributed by atoms with Gasteiger partial charge in [-0.05, 0) is 31.5 Å². The third kappa shape index (κ3) is 4.72. The fourth-order valence-electron chi connectivity index (χ4n) is 2.62. The molecule has 1 N–H and O–H groups in total. The first kappa shape index (κ1) is 22.0. The van der Waals surface area contributed by atoms with Crippen LogP contribution in [-0.2, 0) is 27.4 Å². The van der Waals surface area contributed by atoms with Gasteiger partial charge >= 0.3 is 0 Å². The van der Waals surface area contributed by atoms with Gasteiger partial charge in [0.2, 0.25) is 5.91 Å². The number of hydrogen-bond acceptors (Lipinski definition) is 8. The summed E-state index contributed by atoms with van der Waals surface area (Å²) in [6, 6.07) is 10.3. The number of nitriles is 1. The molecule has 30 heavy (non-hydrogen) atoms. The van der Waals surface area contributed by atoms with Crippen molar-refractivity contribution in [2.45, 2.75) is 29.7 Å². The topological polar surface area (TPSA) is 118 Å². The van der Waals surface area contributed by atoms with Gasteiger partial charge in [0.05, 0.1) is 16.2 Å². The van der Waals surface area contributed by atoms with E-state index in [1.807, 2.05) is 13.8 Å². The smallest absolute Gasteiger partial charge is 0.235 e. The summed E-state index contributed by atoms with van der Waals surface area (Å²) in [5.41, 5.74) is 1.34. The van der Waals surface area contributed by atoms with Crippen LogP contribution >= 0.6 is 23.1 Å². The number of amides is 1. The van der Waals surface area contributed by atoms with Gasteiger partial charge in [-0.15, -0.1) is 21.5 Å². The lowest BCUT2D eigenvalue weighted by Gasteiger charge is -2.06. The molecule has 3 rings (SSSR count). The standard InChI is InChI=1S/C19H19N5O3S3/c1-12-13(2)29-18(15(12)9-20)21-17(25)10-28-19-23-22-16(24(19)3)11-30(26,27)14-7-5-4-6-8-14/h4-8H,10-11H2,1-3H3,(H,21,25). The maximum Gasteiger partial charge on any atom is 0.235 e. The largest absolute Gasteiger partial charge is 0.316 e. The van der Waals surface area contributed by atoms with Crippen LogP contribution in [0.5, 0.6) is 0 Å². The molecule has 0 aliphatic rings. The normalized spacial score (nSPS) is 11.3. The highest BCUT2D eigenvalue weighted by molar-refractivity contribution is 7.99. The summed E-state index contributed by atoms with van der Waals surface area (Å²) in [6.45, 7) is 3.75. The van der Waals surface area contributed by atoms with E-state index in [0.29, 0.717) is 15.7 Å². The van der Waals surface area contributed by atoms with Crippen LogP contribution in [0.4, 0.5) is 5.00 Å². The maximum atomic E-state index is 12.5. The molecule has 1 amide bonds. The number of carbonyl (C=O) groups is 1. The average molecular weight is 462 g/mol. The van der Waals surface area contributed by atoms with E-state index in [2.05, 4.69) is 21.6 Å². The SMILES string of the molecule is Cc1sc(NC(=O)CSc2nnc(CS(=O)(=O)c3ccccc3)n2C)c(C#N)c1C. The van der Waals surface area contributed by atoms with Crippen LogP contribution in [0.2, 0.25) is 0 Å². The predicted octanol–water partition coefficient (Wildman–Crippen LogP) is 3.07. The van der Waals surface area contributed by atoms with E-state index in [4.69, 9.17) is 0 Å². The zero-order valence-electron chi connectivity index (χ0n) is 16.5. The molecule has 0 spiro atoms. The zero-order valence-corrected chi connectivity index (χ0v) is 19.0. The molecule has 2 heterocycles. The van der Waals surface area contributed by atoms with Crippen molar-refractivity contribution in [1.82, 2.24) is 14.8 Å². The quantitative estimate of drug-likeness (QED) is 0.537. The van der Waals surface area contributed by atoms with Crippen molar-refractivity contribution in [1.29, 1.82) is 5.26 Å². The van der Waals surface area contributed by atoms with Gasteiger partial charge in [-0.25, -0.2) is 8.42 Å². The van der Waals surface area contributed by atoms with Crippen molar-refractivity contribution in [2.24, 2.45) is 7.05 Å². The van der Waals surface area contributed by atoms with Crippen molar-refractivity contribution in [3.05, 3.63) is 52.2 Å². The molecule has 0 aliphatic carbocycles. The summed E-state index contributed by atoms with van der Waals surface area (Å²) in [5, 5.41) is 21.0. The number of thioether (sulfide) groups is 1. The number of rotatable bonds is 7. The van der Waals surface area contributed by atoms with Crippen molar-refractivity contribution < 1.29 is 13.2 Å². The Bertz CT molecular complexity index is 1220. The molecule has 156 valence electrons. The third-order valence-electron chi connectivity index (χ3n) is 4.43. The first-order valence-corrected chi connectivity index (χ1v) is 12.3. The Morgan fingerprint density at radius 3 is 2.63 bits per heavy atom. The van der Waals surface area contributed by atoms with Gasteiger partial charge in [0.1, 0.15) is 22.6 Å². The highest BCUT2D eigenvalue weighted by Crippen LogP contribution is 2.31.